The smallest absolute Gasteiger partial charge is 0.143 e. The molecule has 3 heterocycles. The van der Waals surface area contributed by atoms with Gasteiger partial charge in [-0.05, 0) is 273 Å². The van der Waals surface area contributed by atoms with Gasteiger partial charge in [-0.15, -0.1) is 0 Å². The van der Waals surface area contributed by atoms with Crippen LogP contribution in [0.3, 0.4) is 0 Å². The molecule has 0 spiro atoms. The molecule has 0 unspecified atom stereocenters. The van der Waals surface area contributed by atoms with E-state index < -0.39 is 780 Å². The molecule has 30 rings (SSSR count). The van der Waals surface area contributed by atoms with Gasteiger partial charge in [-0.1, -0.05) is 435 Å². The van der Waals surface area contributed by atoms with Crippen molar-refractivity contribution < 1.29 is 126 Å². The van der Waals surface area contributed by atoms with Crippen molar-refractivity contribution in [2.24, 2.45) is 0 Å². The molecule has 0 radical (unpaired) electrons. The van der Waals surface area contributed by atoms with Crippen LogP contribution in [0.25, 0.3) is 295 Å². The lowest BCUT2D eigenvalue weighted by Crippen LogP contribution is -1.92. The molecule has 0 aliphatic rings. The summed E-state index contributed by atoms with van der Waals surface area (Å²) in [5, 5.41) is -18.8. The lowest BCUT2D eigenvalue weighted by atomic mass is 9.83. The van der Waals surface area contributed by atoms with Crippen LogP contribution in [0.1, 0.15) is 112 Å². The van der Waals surface area contributed by atoms with Gasteiger partial charge in [0.15, 0.2) is 0 Å². The van der Waals surface area contributed by atoms with E-state index in [1.807, 2.05) is 0 Å². The van der Waals surface area contributed by atoms with E-state index in [2.05, 4.69) is 0 Å². The minimum atomic E-state index is -1.10. The Morgan fingerprint density at radius 2 is 0.374 bits per heavy atom. The van der Waals surface area contributed by atoms with Gasteiger partial charge in [0.2, 0.25) is 0 Å². The highest BCUT2D eigenvalue weighted by molar-refractivity contribution is 6.31. The predicted octanol–water partition coefficient (Wildman–Crippen LogP) is 39.1. The summed E-state index contributed by atoms with van der Waals surface area (Å²) < 4.78 is 755. The lowest BCUT2D eigenvalue weighted by Gasteiger charge is -2.20. The summed E-state index contributed by atoms with van der Waals surface area (Å²) in [5.41, 5.74) is -15.3. The topological polar surface area (TPSA) is 39.4 Å². The Labute approximate surface area is 915 Å². The average Bonchev–Trinajstić information content (AvgIpc) is 1.45. The Morgan fingerprint density at radius 3 is 0.770 bits per heavy atom. The molecule has 30 aromatic rings. The standard InChI is InChI=1S/C48H28O.C46H28O.C42H26O/c1-3-13-33-29(11-1)21-22-31-28-43(35-15-5-6-16-36(35)45(31)33)47-39-19-9-7-17-37(39)46(38-18-8-10-20-40(38)47)32-24-26-44-42(27-32)41-25-23-30-12-2-4-14-34(30)48(41)49-44;1-3-13-34-30(10-1)12-9-19-36(34)45-39-17-7-5-15-37(39)44(38-16-6-8-18-40(38)45)32-22-20-29(21-23-32)33-25-27-43-42(28-33)41-26-24-31-11-2-4-14-35(31)46(41)47-43;1-2-11-29(12-3-1)40-33-14-6-8-16-35(33)41(36-17-9-7-15-34(36)40)30-20-18-27(19-21-30)31-23-25-39-38(26-31)37-24-22-28-10-4-5-13-32(28)42(37)43-39/h1-28H;1-28H;1-26H/i2*1D,2D,3D,4D,5D,6D,7D,8D,9D,10D,11D,12D,13D,14D,15D,16D,17D,18D,19D,20D,21D,22D,23D,24D,25D,26D,27D,28D;1D,2D,3D,4D,5D,6D,7D,8D,9D,10D,11D,12D,13D,14D,15D,16D,17D,18D,19D,20D,21D,22D,23D,24D,25D,26D. The van der Waals surface area contributed by atoms with E-state index in [0.29, 0.717) is 0 Å². The van der Waals surface area contributed by atoms with Gasteiger partial charge in [-0.2, -0.15) is 0 Å². The highest BCUT2D eigenvalue weighted by atomic mass is 16.3. The lowest BCUT2D eigenvalue weighted by molar-refractivity contribution is 0.672. The molecule has 3 nitrogen and oxygen atoms in total. The molecule has 0 N–H and O–H groups in total. The summed E-state index contributed by atoms with van der Waals surface area (Å²) in [6, 6.07) is -74.0. The maximum Gasteiger partial charge on any atom is 0.143 e. The van der Waals surface area contributed by atoms with Crippen LogP contribution < -0.4 is 0 Å². The number of benzene rings is 27. The van der Waals surface area contributed by atoms with E-state index in [0.717, 1.165) is 0 Å². The minimum absolute atomic E-state index is 0.373. The third-order valence-electron chi connectivity index (χ3n) is 23.2. The van der Waals surface area contributed by atoms with Gasteiger partial charge in [-0.25, -0.2) is 0 Å². The van der Waals surface area contributed by atoms with Gasteiger partial charge >= 0.3 is 0 Å². The summed E-state index contributed by atoms with van der Waals surface area (Å²) in [6.07, 6.45) is 0. The van der Waals surface area contributed by atoms with Crippen molar-refractivity contribution in [1.29, 1.82) is 0 Å². The van der Waals surface area contributed by atoms with Gasteiger partial charge < -0.3 is 13.3 Å². The minimum Gasteiger partial charge on any atom is -0.455 e. The monoisotopic (exact) mass is 1850 g/mol. The molecule has 3 heteroatoms. The average molecular weight is 1850 g/mol. The molecule has 0 aliphatic heterocycles. The molecular formula is C136H82O3. The van der Waals surface area contributed by atoms with E-state index in [4.69, 9.17) is 87.3 Å². The molecule has 0 saturated heterocycles. The van der Waals surface area contributed by atoms with Crippen molar-refractivity contribution in [3.8, 4) is 89.0 Å². The summed E-state index contributed by atoms with van der Waals surface area (Å²) in [4.78, 5) is 0. The quantitative estimate of drug-likeness (QED) is 0.112. The summed E-state index contributed by atoms with van der Waals surface area (Å²) in [6.45, 7) is 0. The molecule has 0 aliphatic carbocycles. The van der Waals surface area contributed by atoms with E-state index in [1.165, 1.54) is 0 Å². The SMILES string of the molecule is [2H]c1c(-c2c3c([2H])c([2H])c([2H])c([2H])c3c(-c3c([2H])c4c([2H])c([2H])c5c([2H])c([2H])c([2H])c([2H])c5c4c4c([2H])c([2H])c([2H])c([2H])c34)c3c([2H])c([2H])c([2H])c([2H])c23)c([2H])c2c(oc3c4c([2H])c([2H])c([2H])c([2H])c4c([2H])c([2H])c32)c1[2H].[2H]c1c([2H])c(-c2c3c([2H])c([2H])c([2H])c([2H])c3c(-c3c([2H])c([2H])c([2H])c4c([2H])c([2H])c([2H])c([2H])c34)c3c([2H])c([2H])c([2H])c([2H])c23)c([2H])c([2H])c1-c1c([2H])c([2H])c2oc3c4c([2H])c([2H])c([2H])c([2H])c4c([2H])c([2H])c3c2c1[2H].[2H]c1c([2H])c([2H])c(-c2c3c([2H])c([2H])c([2H])c([2H])c3c(-c3c([2H])c([2H])c(-c4c([2H])c([2H])c5oc6c7c([2H])c([2H])c([2H])c([2H])c7c([2H])c([2H])c6c5c4[2H])c([2H])c3[2H])c3c([2H])c([2H])c([2H])c([2H])c23)c([2H])c1[2H]. The third-order valence-corrected chi connectivity index (χ3v) is 23.2. The number of hydrogen-bond donors (Lipinski definition) is 0. The zero-order valence-electron chi connectivity index (χ0n) is 151. The fraction of sp³-hybridized carbons (Fsp3) is 0. The fourth-order valence-electron chi connectivity index (χ4n) is 17.3. The zero-order valence-corrected chi connectivity index (χ0v) is 69.2. The van der Waals surface area contributed by atoms with E-state index >= 15 is 0 Å². The van der Waals surface area contributed by atoms with Crippen molar-refractivity contribution in [3.05, 3.63) is 495 Å². The summed E-state index contributed by atoms with van der Waals surface area (Å²) in [5.74, 6) is 0. The van der Waals surface area contributed by atoms with Gasteiger partial charge in [0, 0.05) is 48.5 Å². The summed E-state index contributed by atoms with van der Waals surface area (Å²) in [7, 11) is 0. The third kappa shape index (κ3) is 12.9. The Morgan fingerprint density at radius 1 is 0.122 bits per heavy atom. The van der Waals surface area contributed by atoms with E-state index in [9.17, 15) is 38.4 Å². The second-order valence-corrected chi connectivity index (χ2v) is 30.5. The van der Waals surface area contributed by atoms with Gasteiger partial charge in [0.25, 0.3) is 0 Å². The molecule has 0 atom stereocenters. The molecule has 3 aromatic heterocycles. The molecule has 0 fully saturated rings. The molecule has 27 aromatic carbocycles. The maximum absolute atomic E-state index is 10.1. The Kier molecular flexibility index (Phi) is 7.61. The van der Waals surface area contributed by atoms with Crippen LogP contribution in [0.2, 0.25) is 0 Å². The van der Waals surface area contributed by atoms with Crippen LogP contribution in [-0.4, -0.2) is 0 Å². The zero-order chi connectivity index (χ0) is 163. The highest BCUT2D eigenvalue weighted by Gasteiger charge is 2.26. The Bertz CT molecular complexity index is 15500. The van der Waals surface area contributed by atoms with Gasteiger partial charge in [0.1, 0.15) is 33.5 Å². The molecule has 0 bridgehead atoms. The number of fused-ring (bicyclic) bond motifs is 27. The highest BCUT2D eigenvalue weighted by Crippen LogP contribution is 2.53. The fourth-order valence-corrected chi connectivity index (χ4v) is 17.3. The van der Waals surface area contributed by atoms with Crippen molar-refractivity contribution in [2.75, 3.05) is 0 Å². The van der Waals surface area contributed by atoms with Crippen LogP contribution in [0.15, 0.2) is 509 Å². The number of hydrogen-bond acceptors (Lipinski definition) is 3. The molecule has 0 amide bonds. The largest absolute Gasteiger partial charge is 0.455 e. The molecule has 0 saturated carbocycles. The summed E-state index contributed by atoms with van der Waals surface area (Å²) >= 11 is 0. The van der Waals surface area contributed by atoms with Crippen molar-refractivity contribution in [2.45, 2.75) is 0 Å². The van der Waals surface area contributed by atoms with Crippen LogP contribution >= 0.6 is 0 Å². The maximum atomic E-state index is 10.1. The van der Waals surface area contributed by atoms with E-state index in [1.54, 1.807) is 0 Å². The molecule has 139 heavy (non-hydrogen) atoms. The van der Waals surface area contributed by atoms with Crippen LogP contribution in [0.4, 0.5) is 0 Å². The van der Waals surface area contributed by atoms with E-state index in [-0.39, 0.29) is 10.8 Å². The Balaban J connectivity index is 0.000000144. The second-order valence-electron chi connectivity index (χ2n) is 30.5. The van der Waals surface area contributed by atoms with Crippen LogP contribution in [0.5, 0.6) is 0 Å². The first kappa shape index (κ1) is 32.8. The van der Waals surface area contributed by atoms with Crippen LogP contribution in [0, 0.1) is 0 Å². The van der Waals surface area contributed by atoms with Gasteiger partial charge in [-0.3, -0.25) is 0 Å². The Hall–Kier alpha value is -18.3. The number of furan rings is 3. The first-order valence-corrected chi connectivity index (χ1v) is 41.2. The first-order chi connectivity index (χ1) is 103. The normalized spacial score (nSPS) is 20.1. The van der Waals surface area contributed by atoms with Crippen molar-refractivity contribution in [1.82, 2.24) is 0 Å². The first-order valence-electron chi connectivity index (χ1n) is 82.2. The van der Waals surface area contributed by atoms with Crippen molar-refractivity contribution >= 4 is 206 Å². The molecule has 644 valence electrons. The van der Waals surface area contributed by atoms with Crippen LogP contribution in [-0.2, 0) is 0 Å². The number of rotatable bonds is 8. The van der Waals surface area contributed by atoms with Gasteiger partial charge in [0.05, 0.1) is 112 Å². The predicted molar refractivity (Wildman–Crippen MR) is 592 cm³/mol. The molecular weight excluding hydrogens is 1680 g/mol. The second kappa shape index (κ2) is 32.3. The van der Waals surface area contributed by atoms with Crippen molar-refractivity contribution in [3.63, 3.8) is 0 Å².